The van der Waals surface area contributed by atoms with Crippen molar-refractivity contribution in [2.24, 2.45) is 5.41 Å². The van der Waals surface area contributed by atoms with Crippen molar-refractivity contribution in [1.82, 2.24) is 14.1 Å². The average molecular weight is 506 g/mol. The fourth-order valence-corrected chi connectivity index (χ4v) is 5.20. The van der Waals surface area contributed by atoms with Gasteiger partial charge in [0.2, 0.25) is 5.92 Å². The van der Waals surface area contributed by atoms with E-state index in [1.807, 2.05) is 6.07 Å². The third-order valence-corrected chi connectivity index (χ3v) is 6.61. The van der Waals surface area contributed by atoms with Crippen molar-refractivity contribution < 1.29 is 17.6 Å². The van der Waals surface area contributed by atoms with Crippen LogP contribution in [0.3, 0.4) is 0 Å². The van der Waals surface area contributed by atoms with Gasteiger partial charge < -0.3 is 4.90 Å². The Morgan fingerprint density at radius 1 is 1.11 bits per heavy atom. The molecule has 2 fully saturated rings. The molecule has 0 atom stereocenters. The van der Waals surface area contributed by atoms with Gasteiger partial charge in [0.15, 0.2) is 0 Å². The first-order valence-electron chi connectivity index (χ1n) is 10.5. The number of hydrogen-bond donors (Lipinski definition) is 0. The lowest BCUT2D eigenvalue weighted by Crippen LogP contribution is -2.67. The largest absolute Gasteiger partial charge is 0.356 e. The van der Waals surface area contributed by atoms with Crippen LogP contribution in [0.25, 0.3) is 16.8 Å². The molecule has 0 unspecified atom stereocenters. The molecule has 1 aromatic carbocycles. The van der Waals surface area contributed by atoms with Crippen LogP contribution in [-0.4, -0.2) is 33.1 Å². The van der Waals surface area contributed by atoms with E-state index in [-0.39, 0.29) is 53.6 Å². The molecule has 1 spiro atoms. The highest BCUT2D eigenvalue weighted by atomic mass is 35.5. The first-order chi connectivity index (χ1) is 16.5. The first kappa shape index (κ1) is 23.1. The minimum Gasteiger partial charge on any atom is -0.356 e. The van der Waals surface area contributed by atoms with Crippen molar-refractivity contribution in [3.05, 3.63) is 74.2 Å². The number of anilines is 1. The fraction of sp³-hybridized carbons (Fsp3) is 0.304. The topological polar surface area (TPSA) is 83.9 Å². The number of hydrogen-bond acceptors (Lipinski definition) is 5. The summed E-state index contributed by atoms with van der Waals surface area (Å²) >= 11 is 5.95. The summed E-state index contributed by atoms with van der Waals surface area (Å²) in [5.41, 5.74) is -2.61. The predicted molar refractivity (Wildman–Crippen MR) is 119 cm³/mol. The lowest BCUT2D eigenvalue weighted by atomic mass is 9.61. The molecule has 0 N–H and O–H groups in total. The molecule has 180 valence electrons. The quantitative estimate of drug-likeness (QED) is 0.504. The molecule has 12 heteroatoms. The number of benzene rings is 1. The number of pyridine rings is 1. The molecule has 0 bridgehead atoms. The van der Waals surface area contributed by atoms with Gasteiger partial charge in [-0.3, -0.25) is 14.3 Å². The molecule has 0 amide bonds. The zero-order chi connectivity index (χ0) is 25.1. The Labute approximate surface area is 200 Å². The lowest BCUT2D eigenvalue weighted by molar-refractivity contribution is -0.170. The molecule has 2 aliphatic rings. The van der Waals surface area contributed by atoms with Gasteiger partial charge in [0.25, 0.3) is 5.56 Å². The van der Waals surface area contributed by atoms with E-state index in [4.69, 9.17) is 11.6 Å². The van der Waals surface area contributed by atoms with E-state index in [1.54, 1.807) is 4.90 Å². The van der Waals surface area contributed by atoms with Gasteiger partial charge in [0.05, 0.1) is 34.7 Å². The molecule has 3 heterocycles. The van der Waals surface area contributed by atoms with Gasteiger partial charge in [-0.25, -0.2) is 26.9 Å². The molecule has 1 aliphatic carbocycles. The third kappa shape index (κ3) is 3.78. The molecule has 2 aromatic heterocycles. The van der Waals surface area contributed by atoms with E-state index >= 15 is 0 Å². The number of halogens is 5. The van der Waals surface area contributed by atoms with E-state index in [0.717, 1.165) is 29.1 Å². The van der Waals surface area contributed by atoms with Gasteiger partial charge in [-0.2, -0.15) is 5.26 Å². The minimum atomic E-state index is -2.76. The maximum Gasteiger partial charge on any atom is 0.338 e. The van der Waals surface area contributed by atoms with Gasteiger partial charge in [0.1, 0.15) is 24.0 Å². The van der Waals surface area contributed by atoms with Crippen LogP contribution < -0.4 is 16.1 Å². The molecule has 1 saturated carbocycles. The van der Waals surface area contributed by atoms with Crippen molar-refractivity contribution in [3.63, 3.8) is 0 Å². The second-order valence-corrected chi connectivity index (χ2v) is 9.33. The van der Waals surface area contributed by atoms with Gasteiger partial charge in [0, 0.05) is 37.4 Å². The predicted octanol–water partition coefficient (Wildman–Crippen LogP) is 3.75. The summed E-state index contributed by atoms with van der Waals surface area (Å²) < 4.78 is 56.6. The summed E-state index contributed by atoms with van der Waals surface area (Å²) in [5, 5.41) is 9.14. The number of nitriles is 1. The van der Waals surface area contributed by atoms with Crippen molar-refractivity contribution in [1.29, 1.82) is 5.26 Å². The number of nitrogens with zero attached hydrogens (tertiary/aromatic N) is 5. The Kier molecular flexibility index (Phi) is 5.25. The van der Waals surface area contributed by atoms with Crippen LogP contribution in [-0.2, 0) is 6.54 Å². The summed E-state index contributed by atoms with van der Waals surface area (Å²) in [5.74, 6) is -4.27. The number of rotatable bonds is 4. The van der Waals surface area contributed by atoms with Crippen LogP contribution in [0, 0.1) is 28.4 Å². The number of alkyl halides is 2. The number of aromatic nitrogens is 3. The zero-order valence-electron chi connectivity index (χ0n) is 17.9. The van der Waals surface area contributed by atoms with Crippen LogP contribution in [0.4, 0.5) is 23.4 Å². The Bertz CT molecular complexity index is 1510. The fourth-order valence-electron chi connectivity index (χ4n) is 5.02. The lowest BCUT2D eigenvalue weighted by Gasteiger charge is -2.59. The highest BCUT2D eigenvalue weighted by Gasteiger charge is 2.62. The van der Waals surface area contributed by atoms with Gasteiger partial charge >= 0.3 is 5.69 Å². The maximum absolute atomic E-state index is 13.9. The van der Waals surface area contributed by atoms with Crippen molar-refractivity contribution in [2.45, 2.75) is 25.3 Å². The molecule has 7 nitrogen and oxygen atoms in total. The second-order valence-electron chi connectivity index (χ2n) is 8.92. The normalized spacial score (nSPS) is 17.5. The van der Waals surface area contributed by atoms with Crippen molar-refractivity contribution in [2.75, 3.05) is 18.0 Å². The molecule has 1 aliphatic heterocycles. The van der Waals surface area contributed by atoms with Crippen LogP contribution in [0.1, 0.15) is 12.8 Å². The first-order valence-corrected chi connectivity index (χ1v) is 10.9. The molecule has 35 heavy (non-hydrogen) atoms. The van der Waals surface area contributed by atoms with Crippen LogP contribution in [0.5, 0.6) is 0 Å². The third-order valence-electron chi connectivity index (χ3n) is 6.32. The summed E-state index contributed by atoms with van der Waals surface area (Å²) in [7, 11) is 0. The standard InChI is InChI=1S/C23H16ClF4N5O2/c24-16-5-13(1-2-17(16)26)18-19(31-11-22(12-31)9-23(27,28)10-22)32(4-3-29)21(35)33(20(18)34)15-6-14(25)7-30-8-15/h1-2,5-8H,4,9-12H2. The molecular weight excluding hydrogens is 490 g/mol. The molecular formula is C23H16ClF4N5O2. The van der Waals surface area contributed by atoms with Crippen LogP contribution in [0.2, 0.25) is 5.02 Å². The summed E-state index contributed by atoms with van der Waals surface area (Å²) in [6.45, 7) is -0.209. The van der Waals surface area contributed by atoms with Gasteiger partial charge in [-0.1, -0.05) is 17.7 Å². The monoisotopic (exact) mass is 505 g/mol. The second kappa shape index (κ2) is 7.95. The van der Waals surface area contributed by atoms with Crippen molar-refractivity contribution in [3.8, 4) is 22.9 Å². The minimum absolute atomic E-state index is 0.0330. The Morgan fingerprint density at radius 2 is 1.83 bits per heavy atom. The zero-order valence-corrected chi connectivity index (χ0v) is 18.7. The van der Waals surface area contributed by atoms with Crippen molar-refractivity contribution >= 4 is 17.4 Å². The SMILES string of the molecule is N#CCn1c(N2CC3(C2)CC(F)(F)C3)c(-c2ccc(F)c(Cl)c2)c(=O)n(-c2cncc(F)c2)c1=O. The highest BCUT2D eigenvalue weighted by Crippen LogP contribution is 2.57. The van der Waals surface area contributed by atoms with E-state index < -0.39 is 40.8 Å². The summed E-state index contributed by atoms with van der Waals surface area (Å²) in [6.07, 6.45) is 1.37. The van der Waals surface area contributed by atoms with Crippen LogP contribution in [0.15, 0.2) is 46.2 Å². The van der Waals surface area contributed by atoms with E-state index in [1.165, 1.54) is 12.1 Å². The van der Waals surface area contributed by atoms with E-state index in [2.05, 4.69) is 4.98 Å². The molecule has 0 radical (unpaired) electrons. The maximum atomic E-state index is 13.9. The van der Waals surface area contributed by atoms with Gasteiger partial charge in [-0.15, -0.1) is 0 Å². The van der Waals surface area contributed by atoms with Crippen LogP contribution >= 0.6 is 11.6 Å². The molecule has 5 rings (SSSR count). The summed E-state index contributed by atoms with van der Waals surface area (Å²) in [6, 6.07) is 6.31. The smallest absolute Gasteiger partial charge is 0.338 e. The Balaban J connectivity index is 1.77. The molecule has 1 saturated heterocycles. The Morgan fingerprint density at radius 3 is 2.43 bits per heavy atom. The molecule has 3 aromatic rings. The average Bonchev–Trinajstić information content (AvgIpc) is 2.74. The highest BCUT2D eigenvalue weighted by molar-refractivity contribution is 6.31. The van der Waals surface area contributed by atoms with Gasteiger partial charge in [-0.05, 0) is 17.7 Å². The Hall–Kier alpha value is -3.65. The van der Waals surface area contributed by atoms with E-state index in [9.17, 15) is 32.4 Å². The van der Waals surface area contributed by atoms with E-state index in [0.29, 0.717) is 4.57 Å². The summed E-state index contributed by atoms with van der Waals surface area (Å²) in [4.78, 5) is 32.4.